The number of carboxylic acid groups (broad SMARTS) is 1. The topological polar surface area (TPSA) is 112 Å². The fraction of sp³-hybridized carbons (Fsp3) is 0.524. The average molecular weight is 521 g/mol. The van der Waals surface area contributed by atoms with Crippen molar-refractivity contribution in [3.63, 3.8) is 0 Å². The van der Waals surface area contributed by atoms with Crippen LogP contribution in [0, 0.1) is 5.82 Å². The molecule has 0 radical (unpaired) electrons. The van der Waals surface area contributed by atoms with Gasteiger partial charge in [-0.3, -0.25) is 4.79 Å². The van der Waals surface area contributed by atoms with E-state index in [9.17, 15) is 12.8 Å². The van der Waals surface area contributed by atoms with E-state index < -0.39 is 15.7 Å². The summed E-state index contributed by atoms with van der Waals surface area (Å²) in [5, 5.41) is 15.7. The number of likely N-dealkylation sites (N-methyl/N-ethyl adjacent to an activating group) is 2. The van der Waals surface area contributed by atoms with E-state index in [2.05, 4.69) is 27.6 Å². The van der Waals surface area contributed by atoms with Crippen molar-refractivity contribution in [2.24, 2.45) is 0 Å². The van der Waals surface area contributed by atoms with Crippen LogP contribution >= 0.6 is 22.9 Å². The molecule has 1 aliphatic carbocycles. The lowest BCUT2D eigenvalue weighted by molar-refractivity contribution is -0.122. The zero-order valence-corrected chi connectivity index (χ0v) is 21.0. The average Bonchev–Trinajstić information content (AvgIpc) is 3.27. The first-order valence-corrected chi connectivity index (χ1v) is 13.4. The van der Waals surface area contributed by atoms with Crippen LogP contribution in [-0.4, -0.2) is 69.1 Å². The number of carbonyl (C=O) groups is 1. The Hall–Kier alpha value is -1.79. The predicted molar refractivity (Wildman–Crippen MR) is 129 cm³/mol. The molecular weight excluding hydrogens is 491 g/mol. The lowest BCUT2D eigenvalue weighted by atomic mass is 9.89. The number of sulfone groups is 1. The number of aromatic nitrogens is 1. The Kier molecular flexibility index (Phi) is 11.0. The summed E-state index contributed by atoms with van der Waals surface area (Å²) in [6.07, 6.45) is 5.78. The largest absolute Gasteiger partial charge is 0.483 e. The maximum Gasteiger partial charge on any atom is 0.290 e. The molecule has 3 N–H and O–H groups in total. The van der Waals surface area contributed by atoms with Crippen LogP contribution in [0.5, 0.6) is 0 Å². The van der Waals surface area contributed by atoms with Gasteiger partial charge in [0.05, 0.1) is 10.7 Å². The number of hydrogen-bond donors (Lipinski definition) is 3. The first-order chi connectivity index (χ1) is 15.7. The second kappa shape index (κ2) is 13.2. The predicted octanol–water partition coefficient (Wildman–Crippen LogP) is 3.48. The smallest absolute Gasteiger partial charge is 0.290 e. The minimum atomic E-state index is -3.88. The second-order valence-corrected chi connectivity index (χ2v) is 11.1. The summed E-state index contributed by atoms with van der Waals surface area (Å²) < 4.78 is 40.1. The van der Waals surface area contributed by atoms with Crippen molar-refractivity contribution in [2.75, 3.05) is 32.5 Å². The Morgan fingerprint density at radius 2 is 2.06 bits per heavy atom. The molecule has 2 atom stereocenters. The standard InChI is InChI=1S/C20H28ClFN4O2S2.CH2O2/c1-23-7-9-26(2)18-6-4-3-5-16(18)25-17-12-15(22)19(11-14(17)21)30(27,28)13-20-24-8-10-29-20;2-1-3/h8,10-12,16,18,23,25H,3-7,9,13H2,1-2H3;1H,(H,2,3)/t16-,18-;/m0./s1. The molecule has 1 saturated carbocycles. The SMILES string of the molecule is CNCCN(C)[C@H]1CCCC[C@@H]1Nc1cc(F)c(S(=O)(=O)Cc2nccs2)cc1Cl.O=CO. The second-order valence-electron chi connectivity index (χ2n) is 7.74. The van der Waals surface area contributed by atoms with Gasteiger partial charge in [0.1, 0.15) is 21.5 Å². The fourth-order valence-electron chi connectivity index (χ4n) is 3.90. The zero-order chi connectivity index (χ0) is 24.4. The molecule has 0 saturated heterocycles. The highest BCUT2D eigenvalue weighted by Gasteiger charge is 2.29. The first kappa shape index (κ1) is 27.5. The summed E-state index contributed by atoms with van der Waals surface area (Å²) in [6, 6.07) is 2.84. The van der Waals surface area contributed by atoms with Crippen LogP contribution in [-0.2, 0) is 20.4 Å². The summed E-state index contributed by atoms with van der Waals surface area (Å²) in [5.41, 5.74) is 0.432. The molecule has 33 heavy (non-hydrogen) atoms. The maximum absolute atomic E-state index is 14.8. The molecule has 0 unspecified atom stereocenters. The summed E-state index contributed by atoms with van der Waals surface area (Å²) in [7, 11) is 0.148. The van der Waals surface area contributed by atoms with Gasteiger partial charge >= 0.3 is 0 Å². The molecule has 1 aromatic carbocycles. The van der Waals surface area contributed by atoms with Crippen LogP contribution in [0.1, 0.15) is 30.7 Å². The highest BCUT2D eigenvalue weighted by atomic mass is 35.5. The number of halogens is 2. The van der Waals surface area contributed by atoms with Crippen molar-refractivity contribution in [3.05, 3.63) is 39.6 Å². The summed E-state index contributed by atoms with van der Waals surface area (Å²) >= 11 is 7.61. The number of anilines is 1. The van der Waals surface area contributed by atoms with E-state index in [4.69, 9.17) is 21.5 Å². The Morgan fingerprint density at radius 1 is 1.36 bits per heavy atom. The van der Waals surface area contributed by atoms with Crippen molar-refractivity contribution < 1.29 is 22.7 Å². The van der Waals surface area contributed by atoms with Crippen molar-refractivity contribution in [2.45, 2.75) is 48.4 Å². The minimum absolute atomic E-state index is 0.121. The molecule has 1 fully saturated rings. The van der Waals surface area contributed by atoms with Crippen LogP contribution < -0.4 is 10.6 Å². The van der Waals surface area contributed by atoms with Crippen LogP contribution in [0.15, 0.2) is 28.6 Å². The maximum atomic E-state index is 14.8. The van der Waals surface area contributed by atoms with Gasteiger partial charge < -0.3 is 20.6 Å². The number of nitrogens with zero attached hydrogens (tertiary/aromatic N) is 2. The summed E-state index contributed by atoms with van der Waals surface area (Å²) in [5.74, 6) is -1.14. The Morgan fingerprint density at radius 3 is 2.70 bits per heavy atom. The van der Waals surface area contributed by atoms with Crippen LogP contribution in [0.3, 0.4) is 0 Å². The lowest BCUT2D eigenvalue weighted by Gasteiger charge is -2.39. The fourth-order valence-corrected chi connectivity index (χ4v) is 6.53. The van der Waals surface area contributed by atoms with Crippen molar-refractivity contribution >= 4 is 44.9 Å². The van der Waals surface area contributed by atoms with Gasteiger partial charge in [-0.25, -0.2) is 17.8 Å². The van der Waals surface area contributed by atoms with Crippen LogP contribution in [0.4, 0.5) is 10.1 Å². The highest BCUT2D eigenvalue weighted by Crippen LogP contribution is 2.33. The Labute approximate surface area is 203 Å². The van der Waals surface area contributed by atoms with Gasteiger partial charge in [0.2, 0.25) is 0 Å². The normalized spacial score (nSPS) is 18.5. The summed E-state index contributed by atoms with van der Waals surface area (Å²) in [4.78, 5) is 14.3. The minimum Gasteiger partial charge on any atom is -0.483 e. The van der Waals surface area contributed by atoms with Crippen molar-refractivity contribution in [1.82, 2.24) is 15.2 Å². The van der Waals surface area contributed by atoms with E-state index >= 15 is 0 Å². The number of benzene rings is 1. The summed E-state index contributed by atoms with van der Waals surface area (Å²) in [6.45, 7) is 1.55. The molecule has 1 aliphatic rings. The van der Waals surface area contributed by atoms with Crippen LogP contribution in [0.2, 0.25) is 5.02 Å². The lowest BCUT2D eigenvalue weighted by Crippen LogP contribution is -2.48. The van der Waals surface area contributed by atoms with Gasteiger partial charge in [0.15, 0.2) is 9.84 Å². The molecule has 0 aliphatic heterocycles. The van der Waals surface area contributed by atoms with Crippen molar-refractivity contribution in [1.29, 1.82) is 0 Å². The van der Waals surface area contributed by atoms with E-state index in [-0.39, 0.29) is 28.2 Å². The van der Waals surface area contributed by atoms with E-state index in [1.807, 2.05) is 7.05 Å². The molecule has 1 aromatic heterocycles. The van der Waals surface area contributed by atoms with E-state index in [0.29, 0.717) is 16.7 Å². The van der Waals surface area contributed by atoms with Gasteiger partial charge in [-0.15, -0.1) is 11.3 Å². The van der Waals surface area contributed by atoms with E-state index in [1.165, 1.54) is 29.7 Å². The molecule has 8 nitrogen and oxygen atoms in total. The molecule has 3 rings (SSSR count). The molecular formula is C21H30ClFN4O4S2. The molecule has 184 valence electrons. The monoisotopic (exact) mass is 520 g/mol. The zero-order valence-electron chi connectivity index (χ0n) is 18.6. The van der Waals surface area contributed by atoms with E-state index in [1.54, 1.807) is 5.38 Å². The third-order valence-corrected chi connectivity index (χ3v) is 8.42. The highest BCUT2D eigenvalue weighted by molar-refractivity contribution is 7.90. The number of nitrogens with one attached hydrogen (secondary N) is 2. The third kappa shape index (κ3) is 7.89. The van der Waals surface area contributed by atoms with Gasteiger partial charge in [-0.05, 0) is 39.1 Å². The quantitative estimate of drug-likeness (QED) is 0.431. The van der Waals surface area contributed by atoms with Gasteiger partial charge in [-0.2, -0.15) is 0 Å². The van der Waals surface area contributed by atoms with Gasteiger partial charge in [-0.1, -0.05) is 24.4 Å². The Bertz CT molecular complexity index is 992. The number of rotatable bonds is 9. The Balaban J connectivity index is 0.00000122. The van der Waals surface area contributed by atoms with Gasteiger partial charge in [0.25, 0.3) is 6.47 Å². The molecule has 12 heteroatoms. The molecule has 0 amide bonds. The molecule has 0 spiro atoms. The molecule has 2 aromatic rings. The molecule has 0 bridgehead atoms. The van der Waals surface area contributed by atoms with E-state index in [0.717, 1.165) is 38.8 Å². The van der Waals surface area contributed by atoms with Crippen LogP contribution in [0.25, 0.3) is 0 Å². The van der Waals surface area contributed by atoms with Crippen molar-refractivity contribution in [3.8, 4) is 0 Å². The molecule has 1 heterocycles. The number of thiazole rings is 1. The van der Waals surface area contributed by atoms with Gasteiger partial charge in [0, 0.05) is 36.8 Å². The first-order valence-electron chi connectivity index (χ1n) is 10.5. The third-order valence-electron chi connectivity index (χ3n) is 5.50. The number of hydrogen-bond acceptors (Lipinski definition) is 8.